The van der Waals surface area contributed by atoms with Crippen LogP contribution in [0.3, 0.4) is 0 Å². The van der Waals surface area contributed by atoms with Gasteiger partial charge in [-0.25, -0.2) is 0 Å². The lowest BCUT2D eigenvalue weighted by molar-refractivity contribution is 0.0229. The molecule has 2 nitrogen and oxygen atoms in total. The highest BCUT2D eigenvalue weighted by Crippen LogP contribution is 2.11. The molecule has 9 heavy (non-hydrogen) atoms. The Hall–Kier alpha value is -0.0800. The maximum atomic E-state index is 9.22. The normalized spacial score (nSPS) is 24.7. The van der Waals surface area contributed by atoms with E-state index in [1.807, 2.05) is 0 Å². The van der Waals surface area contributed by atoms with E-state index in [1.54, 1.807) is 0 Å². The summed E-state index contributed by atoms with van der Waals surface area (Å²) >= 11 is 0. The minimum absolute atomic E-state index is 0.285. The highest BCUT2D eigenvalue weighted by Gasteiger charge is 2.16. The molecule has 0 bridgehead atoms. The molecule has 0 aromatic rings. The van der Waals surface area contributed by atoms with Crippen LogP contribution < -0.4 is 0 Å². The third-order valence-corrected chi connectivity index (χ3v) is 1.82. The van der Waals surface area contributed by atoms with Gasteiger partial charge < -0.3 is 5.11 Å². The van der Waals surface area contributed by atoms with Gasteiger partial charge in [-0.2, -0.15) is 0 Å². The van der Waals surface area contributed by atoms with Crippen LogP contribution in [0.2, 0.25) is 0 Å². The molecule has 53 valence electrons. The molecule has 0 aliphatic carbocycles. The lowest BCUT2D eigenvalue weighted by Gasteiger charge is -2.20. The van der Waals surface area contributed by atoms with Crippen LogP contribution in [-0.2, 0) is 0 Å². The van der Waals surface area contributed by atoms with Crippen molar-refractivity contribution in [1.29, 1.82) is 0 Å². The van der Waals surface area contributed by atoms with Gasteiger partial charge in [-0.05, 0) is 26.2 Å². The first-order valence-electron chi connectivity index (χ1n) is 3.56. The topological polar surface area (TPSA) is 23.5 Å². The molecule has 1 aliphatic rings. The van der Waals surface area contributed by atoms with Gasteiger partial charge in [0.1, 0.15) is 6.23 Å². The lowest BCUT2D eigenvalue weighted by Crippen LogP contribution is -2.31. The van der Waals surface area contributed by atoms with Crippen LogP contribution in [0.5, 0.6) is 0 Å². The number of likely N-dealkylation sites (tertiary alicyclic amines) is 1. The zero-order chi connectivity index (χ0) is 6.69. The average Bonchev–Trinajstić information content (AvgIpc) is 2.37. The number of aliphatic hydroxyl groups excluding tert-OH is 1. The summed E-state index contributed by atoms with van der Waals surface area (Å²) < 4.78 is 0. The molecule has 1 rings (SSSR count). The minimum Gasteiger partial charge on any atom is -0.378 e. The molecule has 0 spiro atoms. The molecule has 1 radical (unpaired) electrons. The van der Waals surface area contributed by atoms with E-state index < -0.39 is 0 Å². The summed E-state index contributed by atoms with van der Waals surface area (Å²) in [5, 5.41) is 9.22. The molecule has 1 saturated heterocycles. The van der Waals surface area contributed by atoms with Crippen LogP contribution >= 0.6 is 0 Å². The van der Waals surface area contributed by atoms with Crippen LogP contribution in [-0.4, -0.2) is 29.3 Å². The predicted molar refractivity (Wildman–Crippen MR) is 36.8 cm³/mol. The van der Waals surface area contributed by atoms with Gasteiger partial charge in [0, 0.05) is 13.1 Å². The zero-order valence-corrected chi connectivity index (χ0v) is 5.71. The molecule has 1 atom stereocenters. The van der Waals surface area contributed by atoms with Crippen LogP contribution in [0.25, 0.3) is 0 Å². The Kier molecular flexibility index (Phi) is 2.49. The molecule has 1 aliphatic heterocycles. The van der Waals surface area contributed by atoms with E-state index in [4.69, 9.17) is 0 Å². The summed E-state index contributed by atoms with van der Waals surface area (Å²) in [5.74, 6) is 0. The Bertz CT molecular complexity index is 79.0. The van der Waals surface area contributed by atoms with Gasteiger partial charge in [-0.3, -0.25) is 4.90 Å². The molecule has 2 heteroatoms. The van der Waals surface area contributed by atoms with Gasteiger partial charge >= 0.3 is 0 Å². The van der Waals surface area contributed by atoms with Gasteiger partial charge in [-0.15, -0.1) is 0 Å². The van der Waals surface area contributed by atoms with Crippen molar-refractivity contribution < 1.29 is 5.11 Å². The van der Waals surface area contributed by atoms with E-state index in [0.717, 1.165) is 13.1 Å². The first-order valence-corrected chi connectivity index (χ1v) is 3.56. The van der Waals surface area contributed by atoms with Crippen molar-refractivity contribution >= 4 is 0 Å². The second-order valence-corrected chi connectivity index (χ2v) is 2.51. The molecule has 0 amide bonds. The Morgan fingerprint density at radius 1 is 1.44 bits per heavy atom. The Labute approximate surface area is 56.5 Å². The summed E-state index contributed by atoms with van der Waals surface area (Å²) in [6.07, 6.45) is 2.79. The average molecular weight is 128 g/mol. The molecular weight excluding hydrogens is 114 g/mol. The van der Waals surface area contributed by atoms with E-state index >= 15 is 0 Å². The second kappa shape index (κ2) is 3.18. The Morgan fingerprint density at radius 2 is 2.00 bits per heavy atom. The van der Waals surface area contributed by atoms with Crippen molar-refractivity contribution in [2.75, 3.05) is 13.1 Å². The highest BCUT2D eigenvalue weighted by atomic mass is 16.3. The van der Waals surface area contributed by atoms with Crippen LogP contribution in [0.4, 0.5) is 0 Å². The fourth-order valence-corrected chi connectivity index (χ4v) is 1.22. The molecule has 0 aromatic carbocycles. The summed E-state index contributed by atoms with van der Waals surface area (Å²) in [5.41, 5.74) is 0. The van der Waals surface area contributed by atoms with Crippen LogP contribution in [0.1, 0.15) is 19.3 Å². The first-order chi connectivity index (χ1) is 4.34. The van der Waals surface area contributed by atoms with E-state index in [2.05, 4.69) is 11.8 Å². The third kappa shape index (κ3) is 1.66. The van der Waals surface area contributed by atoms with E-state index in [0.29, 0.717) is 6.42 Å². The smallest absolute Gasteiger partial charge is 0.107 e. The van der Waals surface area contributed by atoms with Crippen molar-refractivity contribution in [1.82, 2.24) is 4.90 Å². The van der Waals surface area contributed by atoms with Crippen molar-refractivity contribution in [3.8, 4) is 0 Å². The number of hydrogen-bond donors (Lipinski definition) is 1. The van der Waals surface area contributed by atoms with Crippen molar-refractivity contribution in [2.45, 2.75) is 25.5 Å². The number of aliphatic hydroxyl groups is 1. The molecule has 0 aromatic heterocycles. The number of hydrogen-bond acceptors (Lipinski definition) is 2. The minimum atomic E-state index is -0.285. The number of nitrogens with zero attached hydrogens (tertiary/aromatic N) is 1. The number of rotatable bonds is 2. The lowest BCUT2D eigenvalue weighted by atomic mass is 10.4. The van der Waals surface area contributed by atoms with Crippen molar-refractivity contribution in [3.63, 3.8) is 0 Å². The monoisotopic (exact) mass is 128 g/mol. The summed E-state index contributed by atoms with van der Waals surface area (Å²) in [7, 11) is 0. The third-order valence-electron chi connectivity index (χ3n) is 1.82. The maximum absolute atomic E-state index is 9.22. The quantitative estimate of drug-likeness (QED) is 0.589. The fraction of sp³-hybridized carbons (Fsp3) is 0.857. The Morgan fingerprint density at radius 3 is 2.44 bits per heavy atom. The van der Waals surface area contributed by atoms with Gasteiger partial charge in [0.05, 0.1) is 0 Å². The predicted octanol–water partition coefficient (Wildman–Crippen LogP) is 0.625. The SMILES string of the molecule is [CH2]CC(O)N1CCCC1. The van der Waals surface area contributed by atoms with Crippen LogP contribution in [0.15, 0.2) is 0 Å². The maximum Gasteiger partial charge on any atom is 0.107 e. The van der Waals surface area contributed by atoms with Gasteiger partial charge in [0.15, 0.2) is 0 Å². The molecule has 0 saturated carbocycles. The van der Waals surface area contributed by atoms with Crippen LogP contribution in [0, 0.1) is 6.92 Å². The zero-order valence-electron chi connectivity index (χ0n) is 5.71. The second-order valence-electron chi connectivity index (χ2n) is 2.51. The first kappa shape index (κ1) is 7.03. The van der Waals surface area contributed by atoms with E-state index in [9.17, 15) is 5.11 Å². The molecule has 1 heterocycles. The summed E-state index contributed by atoms with van der Waals surface area (Å²) in [6, 6.07) is 0. The molecule has 1 fully saturated rings. The molecule has 1 N–H and O–H groups in total. The standard InChI is InChI=1S/C7H14NO/c1-2-7(9)8-5-3-4-6-8/h7,9H,1-6H2. The summed E-state index contributed by atoms with van der Waals surface area (Å²) in [4.78, 5) is 2.08. The highest BCUT2D eigenvalue weighted by molar-refractivity contribution is 4.69. The van der Waals surface area contributed by atoms with Crippen molar-refractivity contribution in [2.24, 2.45) is 0 Å². The van der Waals surface area contributed by atoms with Gasteiger partial charge in [0.25, 0.3) is 0 Å². The molecule has 1 unspecified atom stereocenters. The summed E-state index contributed by atoms with van der Waals surface area (Å²) in [6.45, 7) is 5.74. The van der Waals surface area contributed by atoms with Crippen molar-refractivity contribution in [3.05, 3.63) is 6.92 Å². The molecular formula is C7H14NO. The van der Waals surface area contributed by atoms with Gasteiger partial charge in [0.2, 0.25) is 0 Å². The fourth-order valence-electron chi connectivity index (χ4n) is 1.22. The van der Waals surface area contributed by atoms with E-state index in [1.165, 1.54) is 12.8 Å². The van der Waals surface area contributed by atoms with E-state index in [-0.39, 0.29) is 6.23 Å². The Balaban J connectivity index is 2.24. The van der Waals surface area contributed by atoms with Gasteiger partial charge in [-0.1, -0.05) is 0 Å². The largest absolute Gasteiger partial charge is 0.378 e.